The van der Waals surface area contributed by atoms with Crippen LogP contribution in [0.1, 0.15) is 19.8 Å². The number of nitrogens with one attached hydrogen (secondary N) is 1. The lowest BCUT2D eigenvalue weighted by molar-refractivity contribution is -0.140. The largest absolute Gasteiger partial charge is 0.315 e. The second-order valence-electron chi connectivity index (χ2n) is 4.05. The van der Waals surface area contributed by atoms with Gasteiger partial charge in [0.15, 0.2) is 0 Å². The first-order valence-corrected chi connectivity index (χ1v) is 5.31. The van der Waals surface area contributed by atoms with E-state index in [4.69, 9.17) is 0 Å². The molecule has 0 aliphatic carbocycles. The highest BCUT2D eigenvalue weighted by atomic mass is 16.2. The van der Waals surface area contributed by atoms with Crippen LogP contribution in [0.3, 0.4) is 0 Å². The second kappa shape index (κ2) is 3.69. The molecular formula is C10H16N2O2. The Bertz CT molecular complexity index is 243. The van der Waals surface area contributed by atoms with E-state index in [1.54, 1.807) is 0 Å². The summed E-state index contributed by atoms with van der Waals surface area (Å²) in [6.07, 6.45) is 1.94. The highest BCUT2D eigenvalue weighted by Gasteiger charge is 2.49. The molecule has 2 aliphatic rings. The molecule has 14 heavy (non-hydrogen) atoms. The Morgan fingerprint density at radius 1 is 1.29 bits per heavy atom. The highest BCUT2D eigenvalue weighted by Crippen LogP contribution is 2.29. The maximum absolute atomic E-state index is 11.8. The van der Waals surface area contributed by atoms with Crippen molar-refractivity contribution in [3.05, 3.63) is 0 Å². The normalized spacial score (nSPS) is 31.4. The number of carbonyl (C=O) groups is 2. The van der Waals surface area contributed by atoms with Gasteiger partial charge in [0.2, 0.25) is 11.8 Å². The van der Waals surface area contributed by atoms with Crippen molar-refractivity contribution in [2.45, 2.75) is 19.8 Å². The van der Waals surface area contributed by atoms with E-state index in [-0.39, 0.29) is 23.7 Å². The smallest absolute Gasteiger partial charge is 0.234 e. The summed E-state index contributed by atoms with van der Waals surface area (Å²) in [5.41, 5.74) is 0. The van der Waals surface area contributed by atoms with Crippen molar-refractivity contribution >= 4 is 11.8 Å². The summed E-state index contributed by atoms with van der Waals surface area (Å²) in [4.78, 5) is 25.0. The van der Waals surface area contributed by atoms with Gasteiger partial charge >= 0.3 is 0 Å². The van der Waals surface area contributed by atoms with Crippen LogP contribution in [-0.2, 0) is 9.59 Å². The van der Waals surface area contributed by atoms with Gasteiger partial charge in [-0.3, -0.25) is 14.5 Å². The molecule has 4 nitrogen and oxygen atoms in total. The minimum Gasteiger partial charge on any atom is -0.315 e. The molecule has 0 radical (unpaired) electrons. The molecule has 0 saturated carbocycles. The van der Waals surface area contributed by atoms with Gasteiger partial charge in [-0.05, 0) is 6.42 Å². The summed E-state index contributed by atoms with van der Waals surface area (Å²) < 4.78 is 0. The first-order chi connectivity index (χ1) is 6.75. The van der Waals surface area contributed by atoms with Gasteiger partial charge in [0.05, 0.1) is 11.8 Å². The van der Waals surface area contributed by atoms with Crippen LogP contribution in [0.5, 0.6) is 0 Å². The molecule has 0 unspecified atom stereocenters. The number of hydrogen-bond acceptors (Lipinski definition) is 3. The first kappa shape index (κ1) is 9.65. The number of rotatable bonds is 3. The zero-order chi connectivity index (χ0) is 10.1. The molecule has 0 aromatic carbocycles. The van der Waals surface area contributed by atoms with E-state index < -0.39 is 0 Å². The van der Waals surface area contributed by atoms with Gasteiger partial charge < -0.3 is 5.32 Å². The van der Waals surface area contributed by atoms with E-state index in [0.29, 0.717) is 19.6 Å². The van der Waals surface area contributed by atoms with Gasteiger partial charge in [0.1, 0.15) is 0 Å². The van der Waals surface area contributed by atoms with E-state index in [1.807, 2.05) is 0 Å². The molecule has 78 valence electrons. The average molecular weight is 196 g/mol. The Balaban J connectivity index is 2.06. The molecule has 2 fully saturated rings. The fourth-order valence-corrected chi connectivity index (χ4v) is 2.24. The third-order valence-electron chi connectivity index (χ3n) is 3.12. The van der Waals surface area contributed by atoms with Gasteiger partial charge in [-0.1, -0.05) is 13.3 Å². The minimum atomic E-state index is -0.0700. The van der Waals surface area contributed by atoms with Crippen LogP contribution in [0.2, 0.25) is 0 Å². The molecule has 0 aromatic rings. The zero-order valence-electron chi connectivity index (χ0n) is 8.45. The second-order valence-corrected chi connectivity index (χ2v) is 4.05. The summed E-state index contributed by atoms with van der Waals surface area (Å²) in [6, 6.07) is 0. The maximum Gasteiger partial charge on any atom is 0.234 e. The number of carbonyl (C=O) groups excluding carboxylic acids is 2. The Kier molecular flexibility index (Phi) is 2.54. The molecular weight excluding hydrogens is 180 g/mol. The van der Waals surface area contributed by atoms with Crippen LogP contribution in [0.4, 0.5) is 0 Å². The summed E-state index contributed by atoms with van der Waals surface area (Å²) in [5.74, 6) is -0.0596. The number of nitrogens with zero attached hydrogens (tertiary/aromatic N) is 1. The van der Waals surface area contributed by atoms with Crippen molar-refractivity contribution < 1.29 is 9.59 Å². The van der Waals surface area contributed by atoms with Crippen LogP contribution < -0.4 is 5.32 Å². The summed E-state index contributed by atoms with van der Waals surface area (Å²) in [7, 11) is 0. The summed E-state index contributed by atoms with van der Waals surface area (Å²) >= 11 is 0. The predicted molar refractivity (Wildman–Crippen MR) is 51.5 cm³/mol. The van der Waals surface area contributed by atoms with Crippen molar-refractivity contribution in [1.82, 2.24) is 10.2 Å². The van der Waals surface area contributed by atoms with Crippen molar-refractivity contribution in [2.75, 3.05) is 19.6 Å². The number of unbranched alkanes of at least 4 members (excludes halogenated alkanes) is 1. The Labute approximate surface area is 83.6 Å². The summed E-state index contributed by atoms with van der Waals surface area (Å²) in [6.45, 7) is 4.03. The van der Waals surface area contributed by atoms with Crippen LogP contribution >= 0.6 is 0 Å². The third-order valence-corrected chi connectivity index (χ3v) is 3.12. The van der Waals surface area contributed by atoms with Gasteiger partial charge in [-0.2, -0.15) is 0 Å². The van der Waals surface area contributed by atoms with Gasteiger partial charge in [-0.15, -0.1) is 0 Å². The lowest BCUT2D eigenvalue weighted by atomic mass is 10.00. The topological polar surface area (TPSA) is 49.4 Å². The Hall–Kier alpha value is -0.900. The van der Waals surface area contributed by atoms with Crippen molar-refractivity contribution in [3.63, 3.8) is 0 Å². The fourth-order valence-electron chi connectivity index (χ4n) is 2.24. The molecule has 2 saturated heterocycles. The van der Waals surface area contributed by atoms with Gasteiger partial charge in [0, 0.05) is 19.6 Å². The van der Waals surface area contributed by atoms with Crippen molar-refractivity contribution in [3.8, 4) is 0 Å². The predicted octanol–water partition coefficient (Wildman–Crippen LogP) is -0.00910. The maximum atomic E-state index is 11.8. The Morgan fingerprint density at radius 3 is 2.36 bits per heavy atom. The van der Waals surface area contributed by atoms with E-state index in [0.717, 1.165) is 12.8 Å². The fraction of sp³-hybridized carbons (Fsp3) is 0.800. The SMILES string of the molecule is CCCCN1C(=O)[C@H]2CNC[C@@H]2C1=O. The number of likely N-dealkylation sites (tertiary alicyclic amines) is 1. The average Bonchev–Trinajstić information content (AvgIpc) is 2.72. The van der Waals surface area contributed by atoms with E-state index >= 15 is 0 Å². The first-order valence-electron chi connectivity index (χ1n) is 5.31. The van der Waals surface area contributed by atoms with Crippen molar-refractivity contribution in [2.24, 2.45) is 11.8 Å². The molecule has 0 spiro atoms. The van der Waals surface area contributed by atoms with E-state index in [9.17, 15) is 9.59 Å². The van der Waals surface area contributed by atoms with Crippen LogP contribution in [0.25, 0.3) is 0 Å². The van der Waals surface area contributed by atoms with Crippen molar-refractivity contribution in [1.29, 1.82) is 0 Å². The molecule has 4 heteroatoms. The zero-order valence-corrected chi connectivity index (χ0v) is 8.45. The monoisotopic (exact) mass is 196 g/mol. The number of imide groups is 1. The molecule has 1 N–H and O–H groups in total. The lowest BCUT2D eigenvalue weighted by Crippen LogP contribution is -2.35. The molecule has 2 atom stereocenters. The molecule has 0 bridgehead atoms. The molecule has 2 heterocycles. The van der Waals surface area contributed by atoms with Gasteiger partial charge in [-0.25, -0.2) is 0 Å². The molecule has 2 rings (SSSR count). The molecule has 2 aliphatic heterocycles. The van der Waals surface area contributed by atoms with Gasteiger partial charge in [0.25, 0.3) is 0 Å². The lowest BCUT2D eigenvalue weighted by Gasteiger charge is -2.14. The summed E-state index contributed by atoms with van der Waals surface area (Å²) in [5, 5.41) is 3.09. The number of fused-ring (bicyclic) bond motifs is 1. The minimum absolute atomic E-state index is 0.0402. The number of hydrogen-bond donors (Lipinski definition) is 1. The third kappa shape index (κ3) is 1.34. The van der Waals surface area contributed by atoms with E-state index in [2.05, 4.69) is 12.2 Å². The van der Waals surface area contributed by atoms with E-state index in [1.165, 1.54) is 4.90 Å². The van der Waals surface area contributed by atoms with Crippen LogP contribution in [-0.4, -0.2) is 36.3 Å². The van der Waals surface area contributed by atoms with Crippen LogP contribution in [0, 0.1) is 11.8 Å². The molecule has 0 aromatic heterocycles. The molecule has 2 amide bonds. The highest BCUT2D eigenvalue weighted by molar-refractivity contribution is 6.05. The Morgan fingerprint density at radius 2 is 1.86 bits per heavy atom. The van der Waals surface area contributed by atoms with Crippen LogP contribution in [0.15, 0.2) is 0 Å². The quantitative estimate of drug-likeness (QED) is 0.646. The standard InChI is InChI=1S/C10H16N2O2/c1-2-3-4-12-9(13)7-5-11-6-8(7)10(12)14/h7-8,11H,2-6H2,1H3/t7-,8-/m0/s1. The number of amides is 2.